The molecule has 0 aromatic heterocycles. The van der Waals surface area contributed by atoms with Gasteiger partial charge >= 0.3 is 5.97 Å². The van der Waals surface area contributed by atoms with Gasteiger partial charge in [0.25, 0.3) is 0 Å². The van der Waals surface area contributed by atoms with Crippen LogP contribution >= 0.6 is 0 Å². The molecule has 5 nitrogen and oxygen atoms in total. The number of ether oxygens (including phenoxy) is 2. The van der Waals surface area contributed by atoms with Crippen molar-refractivity contribution in [1.29, 1.82) is 0 Å². The normalized spacial score (nSPS) is 10.2. The van der Waals surface area contributed by atoms with Crippen LogP contribution in [0.4, 0.5) is 5.69 Å². The Labute approximate surface area is 122 Å². The van der Waals surface area contributed by atoms with Gasteiger partial charge in [-0.2, -0.15) is 0 Å². The molecular weight excluding hydrogens is 270 g/mol. The van der Waals surface area contributed by atoms with Crippen LogP contribution in [0, 0.1) is 0 Å². The minimum atomic E-state index is -0.425. The van der Waals surface area contributed by atoms with E-state index in [1.54, 1.807) is 49.4 Å². The minimum absolute atomic E-state index is 0.0739. The molecule has 3 N–H and O–H groups in total. The lowest BCUT2D eigenvalue weighted by molar-refractivity contribution is 0.0526. The molecule has 0 aliphatic carbocycles. The summed E-state index contributed by atoms with van der Waals surface area (Å²) in [5.74, 6) is 0.483. The van der Waals surface area contributed by atoms with Crippen LogP contribution < -0.4 is 10.5 Å². The molecule has 21 heavy (non-hydrogen) atoms. The molecule has 0 aliphatic rings. The average Bonchev–Trinajstić information content (AvgIpc) is 2.50. The zero-order chi connectivity index (χ0) is 15.2. The topological polar surface area (TPSA) is 81.8 Å². The summed E-state index contributed by atoms with van der Waals surface area (Å²) in [7, 11) is 0. The van der Waals surface area contributed by atoms with Gasteiger partial charge in [-0.1, -0.05) is 12.1 Å². The fourth-order valence-corrected chi connectivity index (χ4v) is 1.80. The van der Waals surface area contributed by atoms with Crippen molar-refractivity contribution in [2.45, 2.75) is 13.5 Å². The second-order valence-corrected chi connectivity index (χ2v) is 4.38. The van der Waals surface area contributed by atoms with Gasteiger partial charge in [-0.05, 0) is 42.8 Å². The molecule has 0 amide bonds. The molecule has 5 heteroatoms. The van der Waals surface area contributed by atoms with Gasteiger partial charge in [0.2, 0.25) is 0 Å². The zero-order valence-corrected chi connectivity index (χ0v) is 11.7. The van der Waals surface area contributed by atoms with E-state index in [1.165, 1.54) is 0 Å². The predicted molar refractivity (Wildman–Crippen MR) is 79.2 cm³/mol. The van der Waals surface area contributed by atoms with E-state index in [-0.39, 0.29) is 6.61 Å². The highest BCUT2D eigenvalue weighted by atomic mass is 16.5. The number of anilines is 1. The highest BCUT2D eigenvalue weighted by Crippen LogP contribution is 2.29. The maximum atomic E-state index is 11.7. The number of nitrogens with two attached hydrogens (primary N) is 1. The second-order valence-electron chi connectivity index (χ2n) is 4.38. The summed E-state index contributed by atoms with van der Waals surface area (Å²) in [6, 6.07) is 11.7. The van der Waals surface area contributed by atoms with Crippen molar-refractivity contribution in [3.8, 4) is 11.5 Å². The standard InChI is InChI=1S/C16H17NO4/c1-2-20-16(19)12-6-7-14(17)15(9-12)21-13-5-3-4-11(8-13)10-18/h3-9,18H,2,10,17H2,1H3. The van der Waals surface area contributed by atoms with Crippen LogP contribution in [-0.4, -0.2) is 17.7 Å². The van der Waals surface area contributed by atoms with Crippen LogP contribution in [0.5, 0.6) is 11.5 Å². The Hall–Kier alpha value is -2.53. The number of esters is 1. The Kier molecular flexibility index (Phi) is 4.79. The third-order valence-corrected chi connectivity index (χ3v) is 2.83. The maximum absolute atomic E-state index is 11.7. The molecule has 110 valence electrons. The van der Waals surface area contributed by atoms with Crippen molar-refractivity contribution in [1.82, 2.24) is 0 Å². The molecule has 0 saturated heterocycles. The van der Waals surface area contributed by atoms with E-state index in [0.717, 1.165) is 5.56 Å². The van der Waals surface area contributed by atoms with E-state index in [2.05, 4.69) is 0 Å². The fourth-order valence-electron chi connectivity index (χ4n) is 1.80. The van der Waals surface area contributed by atoms with E-state index in [4.69, 9.17) is 20.3 Å². The van der Waals surface area contributed by atoms with Crippen molar-refractivity contribution in [2.24, 2.45) is 0 Å². The van der Waals surface area contributed by atoms with Crippen molar-refractivity contribution in [3.05, 3.63) is 53.6 Å². The third-order valence-electron chi connectivity index (χ3n) is 2.83. The highest BCUT2D eigenvalue weighted by molar-refractivity contribution is 5.90. The minimum Gasteiger partial charge on any atom is -0.462 e. The van der Waals surface area contributed by atoms with Gasteiger partial charge in [-0.15, -0.1) is 0 Å². The molecule has 0 atom stereocenters. The number of carbonyl (C=O) groups excluding carboxylic acids is 1. The number of hydrogen-bond donors (Lipinski definition) is 2. The quantitative estimate of drug-likeness (QED) is 0.652. The molecule has 0 aliphatic heterocycles. The third kappa shape index (κ3) is 3.73. The Morgan fingerprint density at radius 3 is 2.76 bits per heavy atom. The number of benzene rings is 2. The van der Waals surface area contributed by atoms with Gasteiger partial charge in [0.05, 0.1) is 24.5 Å². The summed E-state index contributed by atoms with van der Waals surface area (Å²) in [6.45, 7) is 1.97. The summed E-state index contributed by atoms with van der Waals surface area (Å²) in [5.41, 5.74) is 7.37. The van der Waals surface area contributed by atoms with E-state index < -0.39 is 5.97 Å². The first-order valence-corrected chi connectivity index (χ1v) is 6.58. The molecular formula is C16H17NO4. The molecule has 0 unspecified atom stereocenters. The van der Waals surface area contributed by atoms with Crippen LogP contribution in [0.2, 0.25) is 0 Å². The monoisotopic (exact) mass is 287 g/mol. The molecule has 2 aromatic rings. The maximum Gasteiger partial charge on any atom is 0.338 e. The van der Waals surface area contributed by atoms with Crippen molar-refractivity contribution in [2.75, 3.05) is 12.3 Å². The number of rotatable bonds is 5. The summed E-state index contributed by atoms with van der Waals surface area (Å²) in [5, 5.41) is 9.12. The van der Waals surface area contributed by atoms with Gasteiger partial charge in [0.15, 0.2) is 5.75 Å². The van der Waals surface area contributed by atoms with Crippen LogP contribution in [-0.2, 0) is 11.3 Å². The lowest BCUT2D eigenvalue weighted by Crippen LogP contribution is -2.05. The number of hydrogen-bond acceptors (Lipinski definition) is 5. The van der Waals surface area contributed by atoms with Crippen LogP contribution in [0.3, 0.4) is 0 Å². The summed E-state index contributed by atoms with van der Waals surface area (Å²) >= 11 is 0. The fraction of sp³-hybridized carbons (Fsp3) is 0.188. The molecule has 0 fully saturated rings. The number of aliphatic hydroxyl groups is 1. The van der Waals surface area contributed by atoms with Gasteiger partial charge in [-0.25, -0.2) is 4.79 Å². The Bertz CT molecular complexity index is 640. The Morgan fingerprint density at radius 1 is 1.24 bits per heavy atom. The predicted octanol–water partition coefficient (Wildman–Crippen LogP) is 2.73. The average molecular weight is 287 g/mol. The first kappa shape index (κ1) is 14.9. The molecule has 0 saturated carbocycles. The molecule has 0 bridgehead atoms. The van der Waals surface area contributed by atoms with Gasteiger partial charge in [-0.3, -0.25) is 0 Å². The number of nitrogen functional groups attached to an aromatic ring is 1. The molecule has 2 rings (SSSR count). The lowest BCUT2D eigenvalue weighted by atomic mass is 10.2. The van der Waals surface area contributed by atoms with Crippen LogP contribution in [0.15, 0.2) is 42.5 Å². The van der Waals surface area contributed by atoms with Crippen LogP contribution in [0.25, 0.3) is 0 Å². The van der Waals surface area contributed by atoms with Crippen molar-refractivity contribution in [3.63, 3.8) is 0 Å². The van der Waals surface area contributed by atoms with Crippen molar-refractivity contribution >= 4 is 11.7 Å². The smallest absolute Gasteiger partial charge is 0.338 e. The van der Waals surface area contributed by atoms with E-state index in [1.807, 2.05) is 0 Å². The summed E-state index contributed by atoms with van der Waals surface area (Å²) in [6.07, 6.45) is 0. The Morgan fingerprint density at radius 2 is 2.05 bits per heavy atom. The lowest BCUT2D eigenvalue weighted by Gasteiger charge is -2.11. The van der Waals surface area contributed by atoms with Crippen molar-refractivity contribution < 1.29 is 19.4 Å². The molecule has 0 heterocycles. The van der Waals surface area contributed by atoms with E-state index in [9.17, 15) is 4.79 Å². The van der Waals surface area contributed by atoms with Gasteiger partial charge in [0, 0.05) is 0 Å². The SMILES string of the molecule is CCOC(=O)c1ccc(N)c(Oc2cccc(CO)c2)c1. The zero-order valence-electron chi connectivity index (χ0n) is 11.7. The Balaban J connectivity index is 2.26. The highest BCUT2D eigenvalue weighted by Gasteiger charge is 2.11. The number of aliphatic hydroxyl groups excluding tert-OH is 1. The van der Waals surface area contributed by atoms with Gasteiger partial charge < -0.3 is 20.3 Å². The van der Waals surface area contributed by atoms with E-state index in [0.29, 0.717) is 29.4 Å². The van der Waals surface area contributed by atoms with E-state index >= 15 is 0 Å². The first-order chi connectivity index (χ1) is 10.1. The van der Waals surface area contributed by atoms with Crippen LogP contribution in [0.1, 0.15) is 22.8 Å². The molecule has 0 radical (unpaired) electrons. The largest absolute Gasteiger partial charge is 0.462 e. The molecule has 0 spiro atoms. The van der Waals surface area contributed by atoms with Gasteiger partial charge in [0.1, 0.15) is 5.75 Å². The second kappa shape index (κ2) is 6.76. The summed E-state index contributed by atoms with van der Waals surface area (Å²) in [4.78, 5) is 11.7. The summed E-state index contributed by atoms with van der Waals surface area (Å²) < 4.78 is 10.6. The first-order valence-electron chi connectivity index (χ1n) is 6.58. The molecule has 2 aromatic carbocycles. The number of carbonyl (C=O) groups is 1.